The average molecular weight is 261 g/mol. The Balaban J connectivity index is 2.04. The minimum atomic E-state index is -0.121. The van der Waals surface area contributed by atoms with E-state index < -0.39 is 0 Å². The van der Waals surface area contributed by atoms with E-state index in [1.807, 2.05) is 43.3 Å². The highest BCUT2D eigenvalue weighted by atomic mass is 35.5. The van der Waals surface area contributed by atoms with Gasteiger partial charge in [0.2, 0.25) is 5.78 Å². The van der Waals surface area contributed by atoms with Crippen molar-refractivity contribution >= 4 is 17.4 Å². The molecule has 0 heterocycles. The predicted molar refractivity (Wildman–Crippen MR) is 72.5 cm³/mol. The van der Waals surface area contributed by atoms with Crippen molar-refractivity contribution in [2.75, 3.05) is 6.61 Å². The number of benzene rings is 2. The van der Waals surface area contributed by atoms with Gasteiger partial charge in [-0.1, -0.05) is 35.9 Å². The van der Waals surface area contributed by atoms with Crippen molar-refractivity contribution < 1.29 is 9.53 Å². The summed E-state index contributed by atoms with van der Waals surface area (Å²) in [5.41, 5.74) is 1.53. The van der Waals surface area contributed by atoms with Gasteiger partial charge in [0, 0.05) is 5.56 Å². The van der Waals surface area contributed by atoms with Gasteiger partial charge >= 0.3 is 0 Å². The molecule has 0 atom stereocenters. The molecule has 0 aliphatic rings. The van der Waals surface area contributed by atoms with Crippen molar-refractivity contribution in [2.45, 2.75) is 6.92 Å². The number of ether oxygens (including phenoxy) is 1. The van der Waals surface area contributed by atoms with E-state index in [1.54, 1.807) is 12.1 Å². The van der Waals surface area contributed by atoms with Crippen LogP contribution in [-0.4, -0.2) is 12.4 Å². The van der Waals surface area contributed by atoms with Crippen LogP contribution in [0.3, 0.4) is 0 Å². The number of rotatable bonds is 4. The summed E-state index contributed by atoms with van der Waals surface area (Å²) >= 11 is 6.03. The van der Waals surface area contributed by atoms with Crippen LogP contribution in [0.5, 0.6) is 5.75 Å². The second-order valence-corrected chi connectivity index (χ2v) is 4.42. The summed E-state index contributed by atoms with van der Waals surface area (Å²) in [6.45, 7) is 1.92. The minimum Gasteiger partial charge on any atom is -0.485 e. The third-order valence-corrected chi connectivity index (χ3v) is 2.85. The molecule has 0 spiro atoms. The molecule has 0 bridgehead atoms. The van der Waals surface area contributed by atoms with Crippen LogP contribution < -0.4 is 4.74 Å². The van der Waals surface area contributed by atoms with Crippen LogP contribution in [0.25, 0.3) is 0 Å². The SMILES string of the molecule is Cc1ccc(C(=O)COc2ccccc2)c(Cl)c1. The fourth-order valence-corrected chi connectivity index (χ4v) is 1.93. The number of aryl methyl sites for hydroxylation is 1. The molecule has 0 radical (unpaired) electrons. The second-order valence-electron chi connectivity index (χ2n) is 4.01. The van der Waals surface area contributed by atoms with E-state index >= 15 is 0 Å². The normalized spacial score (nSPS) is 10.1. The first-order chi connectivity index (χ1) is 8.66. The van der Waals surface area contributed by atoms with Crippen molar-refractivity contribution in [3.63, 3.8) is 0 Å². The van der Waals surface area contributed by atoms with E-state index in [9.17, 15) is 4.79 Å². The van der Waals surface area contributed by atoms with Crippen molar-refractivity contribution in [3.8, 4) is 5.75 Å². The van der Waals surface area contributed by atoms with Crippen LogP contribution in [0.15, 0.2) is 48.5 Å². The van der Waals surface area contributed by atoms with E-state index in [4.69, 9.17) is 16.3 Å². The van der Waals surface area contributed by atoms with Crippen molar-refractivity contribution in [2.24, 2.45) is 0 Å². The molecular formula is C15H13ClO2. The van der Waals surface area contributed by atoms with Gasteiger partial charge in [0.1, 0.15) is 5.75 Å². The minimum absolute atomic E-state index is 0.00715. The molecule has 0 amide bonds. The Labute approximate surface area is 111 Å². The van der Waals surface area contributed by atoms with Gasteiger partial charge in [-0.25, -0.2) is 0 Å². The molecule has 2 aromatic carbocycles. The second kappa shape index (κ2) is 5.69. The number of halogens is 1. The zero-order valence-corrected chi connectivity index (χ0v) is 10.8. The monoisotopic (exact) mass is 260 g/mol. The van der Waals surface area contributed by atoms with Crippen molar-refractivity contribution in [1.29, 1.82) is 0 Å². The number of hydrogen-bond donors (Lipinski definition) is 0. The van der Waals surface area contributed by atoms with E-state index in [0.29, 0.717) is 16.3 Å². The zero-order chi connectivity index (χ0) is 13.0. The fourth-order valence-electron chi connectivity index (χ4n) is 1.59. The lowest BCUT2D eigenvalue weighted by atomic mass is 10.1. The summed E-state index contributed by atoms with van der Waals surface area (Å²) in [4.78, 5) is 11.9. The Morgan fingerprint density at radius 2 is 1.89 bits per heavy atom. The Morgan fingerprint density at radius 3 is 2.56 bits per heavy atom. The smallest absolute Gasteiger partial charge is 0.201 e. The summed E-state index contributed by atoms with van der Waals surface area (Å²) in [6, 6.07) is 14.6. The van der Waals surface area contributed by atoms with Gasteiger partial charge in [-0.2, -0.15) is 0 Å². The van der Waals surface area contributed by atoms with Crippen LogP contribution in [-0.2, 0) is 0 Å². The molecule has 2 nitrogen and oxygen atoms in total. The highest BCUT2D eigenvalue weighted by Gasteiger charge is 2.11. The van der Waals surface area contributed by atoms with E-state index in [-0.39, 0.29) is 12.4 Å². The molecule has 2 aromatic rings. The molecule has 3 heteroatoms. The third kappa shape index (κ3) is 3.11. The molecule has 0 aliphatic carbocycles. The predicted octanol–water partition coefficient (Wildman–Crippen LogP) is 3.91. The average Bonchev–Trinajstić information content (AvgIpc) is 2.37. The number of ketones is 1. The van der Waals surface area contributed by atoms with Gasteiger partial charge in [-0.3, -0.25) is 4.79 Å². The number of carbonyl (C=O) groups is 1. The summed E-state index contributed by atoms with van der Waals surface area (Å²) in [7, 11) is 0. The Morgan fingerprint density at radius 1 is 1.17 bits per heavy atom. The van der Waals surface area contributed by atoms with Gasteiger partial charge in [0.25, 0.3) is 0 Å². The third-order valence-electron chi connectivity index (χ3n) is 2.54. The molecule has 0 N–H and O–H groups in total. The Hall–Kier alpha value is -1.80. The number of carbonyl (C=O) groups excluding carboxylic acids is 1. The molecule has 18 heavy (non-hydrogen) atoms. The first kappa shape index (κ1) is 12.7. The maximum atomic E-state index is 11.9. The Bertz CT molecular complexity index is 550. The molecular weight excluding hydrogens is 248 g/mol. The van der Waals surface area contributed by atoms with Gasteiger partial charge in [0.05, 0.1) is 5.02 Å². The fraction of sp³-hybridized carbons (Fsp3) is 0.133. The standard InChI is InChI=1S/C15H13ClO2/c1-11-7-8-13(14(16)9-11)15(17)10-18-12-5-3-2-4-6-12/h2-9H,10H2,1H3. The lowest BCUT2D eigenvalue weighted by Crippen LogP contribution is -2.12. The van der Waals surface area contributed by atoms with Crippen LogP contribution >= 0.6 is 11.6 Å². The molecule has 92 valence electrons. The maximum absolute atomic E-state index is 11.9. The van der Waals surface area contributed by atoms with Crippen LogP contribution in [0.2, 0.25) is 5.02 Å². The van der Waals surface area contributed by atoms with Crippen LogP contribution in [0.1, 0.15) is 15.9 Å². The molecule has 2 rings (SSSR count). The van der Waals surface area contributed by atoms with Crippen LogP contribution in [0.4, 0.5) is 0 Å². The summed E-state index contributed by atoms with van der Waals surface area (Å²) in [6.07, 6.45) is 0. The topological polar surface area (TPSA) is 26.3 Å². The van der Waals surface area contributed by atoms with E-state index in [0.717, 1.165) is 5.56 Å². The first-order valence-corrected chi connectivity index (χ1v) is 6.02. The van der Waals surface area contributed by atoms with E-state index in [2.05, 4.69) is 0 Å². The van der Waals surface area contributed by atoms with Crippen LogP contribution in [0, 0.1) is 6.92 Å². The molecule has 0 aromatic heterocycles. The molecule has 0 saturated heterocycles. The van der Waals surface area contributed by atoms with Crippen molar-refractivity contribution in [1.82, 2.24) is 0 Å². The summed E-state index contributed by atoms with van der Waals surface area (Å²) in [5.74, 6) is 0.554. The van der Waals surface area contributed by atoms with Crippen molar-refractivity contribution in [3.05, 3.63) is 64.7 Å². The maximum Gasteiger partial charge on any atom is 0.201 e. The summed E-state index contributed by atoms with van der Waals surface area (Å²) in [5, 5.41) is 0.469. The lowest BCUT2D eigenvalue weighted by Gasteiger charge is -2.07. The number of hydrogen-bond acceptors (Lipinski definition) is 2. The quantitative estimate of drug-likeness (QED) is 0.779. The Kier molecular flexibility index (Phi) is 4.00. The molecule has 0 saturated carbocycles. The lowest BCUT2D eigenvalue weighted by molar-refractivity contribution is 0.0921. The largest absolute Gasteiger partial charge is 0.485 e. The van der Waals surface area contributed by atoms with Gasteiger partial charge in [-0.05, 0) is 36.8 Å². The highest BCUT2D eigenvalue weighted by Crippen LogP contribution is 2.18. The highest BCUT2D eigenvalue weighted by molar-refractivity contribution is 6.34. The van der Waals surface area contributed by atoms with Gasteiger partial charge in [-0.15, -0.1) is 0 Å². The first-order valence-electron chi connectivity index (χ1n) is 5.64. The molecule has 0 unspecified atom stereocenters. The summed E-state index contributed by atoms with van der Waals surface area (Å²) < 4.78 is 5.40. The molecule has 0 fully saturated rings. The van der Waals surface area contributed by atoms with Gasteiger partial charge in [0.15, 0.2) is 6.61 Å². The number of para-hydroxylation sites is 1. The zero-order valence-electron chi connectivity index (χ0n) is 10.0. The van der Waals surface area contributed by atoms with Gasteiger partial charge < -0.3 is 4.74 Å². The molecule has 0 aliphatic heterocycles. The number of Topliss-reactive ketones (excluding diaryl/α,β-unsaturated/α-hetero) is 1. The van der Waals surface area contributed by atoms with E-state index in [1.165, 1.54) is 0 Å².